The lowest BCUT2D eigenvalue weighted by molar-refractivity contribution is 0.414. The van der Waals surface area contributed by atoms with E-state index < -0.39 is 5.69 Å². The molecule has 6 heteroatoms. The van der Waals surface area contributed by atoms with Crippen LogP contribution in [0.15, 0.2) is 41.5 Å². The van der Waals surface area contributed by atoms with Gasteiger partial charge < -0.3 is 4.74 Å². The Morgan fingerprint density at radius 1 is 1.28 bits per heavy atom. The van der Waals surface area contributed by atoms with Crippen molar-refractivity contribution in [2.75, 3.05) is 7.11 Å². The van der Waals surface area contributed by atoms with E-state index in [4.69, 9.17) is 4.74 Å². The first-order chi connectivity index (χ1) is 8.79. The van der Waals surface area contributed by atoms with Crippen molar-refractivity contribution in [2.45, 2.75) is 0 Å². The highest BCUT2D eigenvalue weighted by atomic mass is 16.5. The average molecular weight is 242 g/mol. The lowest BCUT2D eigenvalue weighted by Crippen LogP contribution is -2.14. The number of rotatable bonds is 2. The molecule has 3 rings (SSSR count). The Balaban J connectivity index is 2.31. The van der Waals surface area contributed by atoms with Crippen LogP contribution in [-0.2, 0) is 0 Å². The van der Waals surface area contributed by atoms with Gasteiger partial charge in [0.15, 0.2) is 0 Å². The van der Waals surface area contributed by atoms with Crippen molar-refractivity contribution >= 4 is 5.52 Å². The van der Waals surface area contributed by atoms with Gasteiger partial charge in [0.25, 0.3) is 0 Å². The minimum atomic E-state index is -0.408. The first kappa shape index (κ1) is 10.5. The van der Waals surface area contributed by atoms with E-state index >= 15 is 0 Å². The van der Waals surface area contributed by atoms with Gasteiger partial charge in [-0.25, -0.2) is 14.4 Å². The molecule has 0 atom stereocenters. The fourth-order valence-electron chi connectivity index (χ4n) is 1.86. The fourth-order valence-corrected chi connectivity index (χ4v) is 1.86. The van der Waals surface area contributed by atoms with Crippen LogP contribution >= 0.6 is 0 Å². The fraction of sp³-hybridized carbons (Fsp3) is 0.0833. The molecule has 0 saturated heterocycles. The summed E-state index contributed by atoms with van der Waals surface area (Å²) in [6, 6.07) is 7.33. The summed E-state index contributed by atoms with van der Waals surface area (Å²) in [5.74, 6) is 0.648. The Morgan fingerprint density at radius 2 is 2.17 bits per heavy atom. The van der Waals surface area contributed by atoms with Gasteiger partial charge in [-0.05, 0) is 24.3 Å². The summed E-state index contributed by atoms with van der Waals surface area (Å²) in [4.78, 5) is 19.2. The van der Waals surface area contributed by atoms with Crippen molar-refractivity contribution in [3.05, 3.63) is 47.1 Å². The molecule has 0 aliphatic heterocycles. The molecule has 0 unspecified atom stereocenters. The minimum Gasteiger partial charge on any atom is -0.494 e. The number of nitrogens with zero attached hydrogens (tertiary/aromatic N) is 3. The zero-order chi connectivity index (χ0) is 12.5. The third-order valence-corrected chi connectivity index (χ3v) is 2.67. The Hall–Kier alpha value is -2.63. The molecule has 0 amide bonds. The van der Waals surface area contributed by atoms with Gasteiger partial charge in [-0.3, -0.25) is 4.98 Å². The van der Waals surface area contributed by atoms with E-state index in [0.717, 1.165) is 11.2 Å². The number of methoxy groups -OCH3 is 1. The second kappa shape index (κ2) is 3.99. The first-order valence-corrected chi connectivity index (χ1v) is 5.36. The minimum absolute atomic E-state index is 0.408. The summed E-state index contributed by atoms with van der Waals surface area (Å²) in [6.07, 6.45) is 3.19. The summed E-state index contributed by atoms with van der Waals surface area (Å²) < 4.78 is 6.90. The van der Waals surface area contributed by atoms with Crippen LogP contribution in [0.1, 0.15) is 0 Å². The van der Waals surface area contributed by atoms with Crippen molar-refractivity contribution in [3.63, 3.8) is 0 Å². The van der Waals surface area contributed by atoms with Crippen LogP contribution in [-0.4, -0.2) is 26.7 Å². The monoisotopic (exact) mass is 242 g/mol. The summed E-state index contributed by atoms with van der Waals surface area (Å²) in [5.41, 5.74) is 1.80. The molecular formula is C12H10N4O2. The maximum atomic E-state index is 11.3. The molecule has 1 N–H and O–H groups in total. The summed E-state index contributed by atoms with van der Waals surface area (Å²) >= 11 is 0. The summed E-state index contributed by atoms with van der Waals surface area (Å²) in [7, 11) is 1.58. The number of pyridine rings is 1. The molecule has 90 valence electrons. The summed E-state index contributed by atoms with van der Waals surface area (Å²) in [6.45, 7) is 0. The topological polar surface area (TPSA) is 72.3 Å². The van der Waals surface area contributed by atoms with E-state index in [2.05, 4.69) is 15.1 Å². The number of ether oxygens (including phenoxy) is 1. The molecular weight excluding hydrogens is 232 g/mol. The van der Waals surface area contributed by atoms with E-state index in [9.17, 15) is 4.79 Å². The van der Waals surface area contributed by atoms with Gasteiger partial charge in [-0.15, -0.1) is 0 Å². The molecule has 0 saturated carbocycles. The van der Waals surface area contributed by atoms with E-state index in [1.165, 1.54) is 6.20 Å². The molecule has 0 aliphatic carbocycles. The molecule has 0 radical (unpaired) electrons. The lowest BCUT2D eigenvalue weighted by atomic mass is 10.2. The zero-order valence-corrected chi connectivity index (χ0v) is 9.62. The van der Waals surface area contributed by atoms with Gasteiger partial charge >= 0.3 is 5.69 Å². The predicted octanol–water partition coefficient (Wildman–Crippen LogP) is 1.09. The Morgan fingerprint density at radius 3 is 3.00 bits per heavy atom. The number of hydrogen-bond acceptors (Lipinski definition) is 4. The van der Waals surface area contributed by atoms with Crippen molar-refractivity contribution in [3.8, 4) is 17.1 Å². The number of H-pyrrole nitrogens is 1. The first-order valence-electron chi connectivity index (χ1n) is 5.36. The third kappa shape index (κ3) is 1.55. The van der Waals surface area contributed by atoms with E-state index in [-0.39, 0.29) is 0 Å². The second-order valence-corrected chi connectivity index (χ2v) is 3.71. The maximum Gasteiger partial charge on any atom is 0.360 e. The highest BCUT2D eigenvalue weighted by Crippen LogP contribution is 2.27. The number of fused-ring (bicyclic) bond motifs is 1. The predicted molar refractivity (Wildman–Crippen MR) is 65.6 cm³/mol. The smallest absolute Gasteiger partial charge is 0.360 e. The van der Waals surface area contributed by atoms with E-state index in [1.807, 2.05) is 18.2 Å². The van der Waals surface area contributed by atoms with Gasteiger partial charge in [0.2, 0.25) is 0 Å². The van der Waals surface area contributed by atoms with E-state index in [1.54, 1.807) is 23.9 Å². The van der Waals surface area contributed by atoms with Gasteiger partial charge in [0.05, 0.1) is 24.5 Å². The molecule has 0 fully saturated rings. The average Bonchev–Trinajstić information content (AvgIpc) is 2.81. The normalized spacial score (nSPS) is 10.7. The second-order valence-electron chi connectivity index (χ2n) is 3.71. The van der Waals surface area contributed by atoms with Crippen LogP contribution in [0.4, 0.5) is 0 Å². The molecule has 0 spiro atoms. The standard InChI is InChI=1S/C12H10N4O2/c1-18-10-3-2-6-13-11(10)9-5-4-8-7-14-12(17)15-16(8)9/h2-7H,1H3,(H,15,17). The molecule has 6 nitrogen and oxygen atoms in total. The number of hydrogen-bond donors (Lipinski definition) is 1. The molecule has 3 aromatic heterocycles. The van der Waals surface area contributed by atoms with Crippen LogP contribution < -0.4 is 10.4 Å². The van der Waals surface area contributed by atoms with Crippen LogP contribution in [0, 0.1) is 0 Å². The van der Waals surface area contributed by atoms with E-state index in [0.29, 0.717) is 11.4 Å². The molecule has 3 aromatic rings. The number of aromatic nitrogens is 4. The largest absolute Gasteiger partial charge is 0.494 e. The SMILES string of the molecule is COc1cccnc1-c1ccc2cnc(=O)[nH]n12. The van der Waals surface area contributed by atoms with Crippen molar-refractivity contribution in [1.29, 1.82) is 0 Å². The van der Waals surface area contributed by atoms with Crippen LogP contribution in [0.5, 0.6) is 5.75 Å². The Labute approximate surface area is 102 Å². The zero-order valence-electron chi connectivity index (χ0n) is 9.62. The summed E-state index contributed by atoms with van der Waals surface area (Å²) in [5, 5.41) is 2.64. The molecule has 0 bridgehead atoms. The highest BCUT2D eigenvalue weighted by Gasteiger charge is 2.11. The van der Waals surface area contributed by atoms with Gasteiger partial charge in [0.1, 0.15) is 11.4 Å². The van der Waals surface area contributed by atoms with Crippen molar-refractivity contribution in [1.82, 2.24) is 19.6 Å². The van der Waals surface area contributed by atoms with Crippen LogP contribution in [0.2, 0.25) is 0 Å². The van der Waals surface area contributed by atoms with Crippen LogP contribution in [0.3, 0.4) is 0 Å². The quantitative estimate of drug-likeness (QED) is 0.730. The number of nitrogens with one attached hydrogen (secondary N) is 1. The van der Waals surface area contributed by atoms with Crippen LogP contribution in [0.25, 0.3) is 16.9 Å². The van der Waals surface area contributed by atoms with Crippen molar-refractivity contribution in [2.24, 2.45) is 0 Å². The van der Waals surface area contributed by atoms with Gasteiger partial charge in [0, 0.05) is 6.20 Å². The van der Waals surface area contributed by atoms with Gasteiger partial charge in [-0.2, -0.15) is 4.98 Å². The lowest BCUT2D eigenvalue weighted by Gasteiger charge is -2.06. The Bertz CT molecular complexity index is 760. The molecule has 3 heterocycles. The molecule has 18 heavy (non-hydrogen) atoms. The number of aromatic amines is 1. The maximum absolute atomic E-state index is 11.3. The highest BCUT2D eigenvalue weighted by molar-refractivity contribution is 5.67. The van der Waals surface area contributed by atoms with Gasteiger partial charge in [-0.1, -0.05) is 0 Å². The van der Waals surface area contributed by atoms with Crippen molar-refractivity contribution < 1.29 is 4.74 Å². The third-order valence-electron chi connectivity index (χ3n) is 2.67. The molecule has 0 aliphatic rings. The Kier molecular flexibility index (Phi) is 2.33. The molecule has 0 aromatic carbocycles.